The van der Waals surface area contributed by atoms with Gasteiger partial charge in [0.2, 0.25) is 0 Å². The van der Waals surface area contributed by atoms with E-state index in [0.717, 1.165) is 38.0 Å². The molecule has 1 aliphatic rings. The Kier molecular flexibility index (Phi) is 6.56. The van der Waals surface area contributed by atoms with Crippen LogP contribution in [0, 0.1) is 11.6 Å². The molecule has 1 fully saturated rings. The van der Waals surface area contributed by atoms with Crippen LogP contribution in [0.3, 0.4) is 0 Å². The molecule has 3 nitrogen and oxygen atoms in total. The molecule has 0 aliphatic carbocycles. The van der Waals surface area contributed by atoms with Crippen molar-refractivity contribution < 1.29 is 23.0 Å². The summed E-state index contributed by atoms with van der Waals surface area (Å²) in [5.41, 5.74) is -0.0829. The molecule has 0 N–H and O–H groups in total. The minimum atomic E-state index is -0.824. The summed E-state index contributed by atoms with van der Waals surface area (Å²) in [4.78, 5) is 12.4. The van der Waals surface area contributed by atoms with Gasteiger partial charge < -0.3 is 9.47 Å². The summed E-state index contributed by atoms with van der Waals surface area (Å²) >= 11 is 1.39. The van der Waals surface area contributed by atoms with Crippen LogP contribution in [0.4, 0.5) is 8.78 Å². The molecule has 1 aliphatic heterocycles. The number of thioether (sulfide) groups is 1. The first kappa shape index (κ1) is 18.4. The Morgan fingerprint density at radius 1 is 1.39 bits per heavy atom. The maximum Gasteiger partial charge on any atom is 0.181 e. The molecular weight excluding hydrogens is 322 g/mol. The third-order valence-corrected chi connectivity index (χ3v) is 4.99. The van der Waals surface area contributed by atoms with E-state index in [0.29, 0.717) is 12.4 Å². The van der Waals surface area contributed by atoms with Gasteiger partial charge in [-0.1, -0.05) is 0 Å². The van der Waals surface area contributed by atoms with E-state index in [2.05, 4.69) is 0 Å². The van der Waals surface area contributed by atoms with E-state index in [1.165, 1.54) is 17.8 Å². The fraction of sp³-hybridized carbons (Fsp3) is 0.588. The number of Topliss-reactive ketones (excluding diaryl/α,β-unsaturated/α-hetero) is 1. The van der Waals surface area contributed by atoms with Crippen molar-refractivity contribution in [3.8, 4) is 0 Å². The van der Waals surface area contributed by atoms with Gasteiger partial charge in [0.15, 0.2) is 12.1 Å². The van der Waals surface area contributed by atoms with Crippen molar-refractivity contribution in [2.45, 2.75) is 44.1 Å². The zero-order chi connectivity index (χ0) is 16.9. The maximum absolute atomic E-state index is 13.8. The molecule has 1 atom stereocenters. The van der Waals surface area contributed by atoms with Crippen molar-refractivity contribution in [1.82, 2.24) is 0 Å². The van der Waals surface area contributed by atoms with E-state index in [4.69, 9.17) is 9.47 Å². The van der Waals surface area contributed by atoms with Crippen molar-refractivity contribution in [2.24, 2.45) is 0 Å². The Balaban J connectivity index is 1.83. The summed E-state index contributed by atoms with van der Waals surface area (Å²) in [6, 6.07) is 3.03. The van der Waals surface area contributed by atoms with Crippen LogP contribution in [0.1, 0.15) is 43.5 Å². The number of ether oxygens (including phenoxy) is 2. The van der Waals surface area contributed by atoms with Gasteiger partial charge in [-0.15, -0.1) is 11.8 Å². The molecule has 0 radical (unpaired) electrons. The fourth-order valence-corrected chi connectivity index (χ4v) is 3.31. The van der Waals surface area contributed by atoms with Crippen molar-refractivity contribution in [2.75, 3.05) is 19.0 Å². The molecule has 1 aromatic carbocycles. The predicted octanol–water partition coefficient (Wildman–Crippen LogP) is 4.20. The summed E-state index contributed by atoms with van der Waals surface area (Å²) in [6.07, 6.45) is 2.91. The van der Waals surface area contributed by atoms with Gasteiger partial charge in [-0.05, 0) is 45.2 Å². The first-order valence-electron chi connectivity index (χ1n) is 7.77. The molecule has 1 heterocycles. The number of hydrogen-bond donors (Lipinski definition) is 0. The third-order valence-electron chi connectivity index (χ3n) is 3.71. The molecule has 1 unspecified atom stereocenters. The van der Waals surface area contributed by atoms with Crippen LogP contribution in [-0.2, 0) is 9.47 Å². The largest absolute Gasteiger partial charge is 0.353 e. The highest BCUT2D eigenvalue weighted by atomic mass is 32.2. The summed E-state index contributed by atoms with van der Waals surface area (Å²) in [5.74, 6) is -1.27. The average molecular weight is 344 g/mol. The van der Waals surface area contributed by atoms with Gasteiger partial charge in [-0.25, -0.2) is 8.78 Å². The van der Waals surface area contributed by atoms with Gasteiger partial charge in [0.25, 0.3) is 0 Å². The molecule has 6 heteroatoms. The highest BCUT2D eigenvalue weighted by Crippen LogP contribution is 2.30. The lowest BCUT2D eigenvalue weighted by molar-refractivity contribution is -0.158. The highest BCUT2D eigenvalue weighted by Gasteiger charge is 2.31. The van der Waals surface area contributed by atoms with E-state index in [1.54, 1.807) is 13.8 Å². The monoisotopic (exact) mass is 344 g/mol. The molecule has 0 bridgehead atoms. The van der Waals surface area contributed by atoms with Crippen LogP contribution in [0.5, 0.6) is 0 Å². The van der Waals surface area contributed by atoms with Crippen molar-refractivity contribution >= 4 is 17.5 Å². The van der Waals surface area contributed by atoms with Gasteiger partial charge in [0, 0.05) is 18.4 Å². The maximum atomic E-state index is 13.8. The second-order valence-electron chi connectivity index (χ2n) is 5.98. The number of ketones is 1. The molecule has 0 amide bonds. The van der Waals surface area contributed by atoms with Crippen molar-refractivity contribution in [3.05, 3.63) is 35.4 Å². The molecule has 0 aromatic heterocycles. The molecule has 1 saturated heterocycles. The lowest BCUT2D eigenvalue weighted by atomic mass is 10.00. The first-order valence-corrected chi connectivity index (χ1v) is 8.76. The Labute approximate surface area is 139 Å². The molecule has 23 heavy (non-hydrogen) atoms. The number of carbonyl (C=O) groups is 1. The standard InChI is InChI=1S/C17H22F2O3S/c1-17(2,16(20)13-7-6-12(18)11-14(13)19)23-10-9-22-15-5-3-4-8-21-15/h6-7,11,15H,3-5,8-10H2,1-2H3. The molecule has 0 saturated carbocycles. The molecule has 1 aromatic rings. The summed E-state index contributed by atoms with van der Waals surface area (Å²) in [7, 11) is 0. The second kappa shape index (κ2) is 8.22. The summed E-state index contributed by atoms with van der Waals surface area (Å²) < 4.78 is 37.0. The van der Waals surface area contributed by atoms with E-state index < -0.39 is 16.4 Å². The smallest absolute Gasteiger partial charge is 0.181 e. The average Bonchev–Trinajstić information content (AvgIpc) is 2.52. The number of benzene rings is 1. The van der Waals surface area contributed by atoms with Crippen LogP contribution in [0.15, 0.2) is 18.2 Å². The Hall–Kier alpha value is -0.980. The van der Waals surface area contributed by atoms with Crippen molar-refractivity contribution in [1.29, 1.82) is 0 Å². The Morgan fingerprint density at radius 2 is 2.17 bits per heavy atom. The molecule has 0 spiro atoms. The number of hydrogen-bond acceptors (Lipinski definition) is 4. The van der Waals surface area contributed by atoms with Crippen LogP contribution >= 0.6 is 11.8 Å². The van der Waals surface area contributed by atoms with Gasteiger partial charge >= 0.3 is 0 Å². The molecule has 128 valence electrons. The van der Waals surface area contributed by atoms with E-state index in [9.17, 15) is 13.6 Å². The zero-order valence-electron chi connectivity index (χ0n) is 13.4. The predicted molar refractivity (Wildman–Crippen MR) is 86.8 cm³/mol. The normalized spacial score (nSPS) is 18.9. The van der Waals surface area contributed by atoms with Crippen LogP contribution in [0.25, 0.3) is 0 Å². The van der Waals surface area contributed by atoms with Gasteiger partial charge in [-0.2, -0.15) is 0 Å². The highest BCUT2D eigenvalue weighted by molar-refractivity contribution is 8.01. The Bertz CT molecular complexity index is 543. The van der Waals surface area contributed by atoms with E-state index in [1.807, 2.05) is 0 Å². The molecule has 2 rings (SSSR count). The van der Waals surface area contributed by atoms with E-state index in [-0.39, 0.29) is 17.6 Å². The fourth-order valence-electron chi connectivity index (χ4n) is 2.38. The number of carbonyl (C=O) groups excluding carboxylic acids is 1. The number of halogens is 2. The lowest BCUT2D eigenvalue weighted by Gasteiger charge is -2.25. The quantitative estimate of drug-likeness (QED) is 0.548. The second-order valence-corrected chi connectivity index (χ2v) is 7.70. The third kappa shape index (κ3) is 5.26. The van der Waals surface area contributed by atoms with Crippen LogP contribution < -0.4 is 0 Å². The molecular formula is C17H22F2O3S. The van der Waals surface area contributed by atoms with E-state index >= 15 is 0 Å². The first-order chi connectivity index (χ1) is 10.9. The van der Waals surface area contributed by atoms with Gasteiger partial charge in [-0.3, -0.25) is 4.79 Å². The SMILES string of the molecule is CC(C)(SCCOC1CCCCO1)C(=O)c1ccc(F)cc1F. The van der Waals surface area contributed by atoms with Gasteiger partial charge in [0.1, 0.15) is 11.6 Å². The topological polar surface area (TPSA) is 35.5 Å². The Morgan fingerprint density at radius 3 is 2.83 bits per heavy atom. The van der Waals surface area contributed by atoms with Crippen LogP contribution in [0.2, 0.25) is 0 Å². The number of rotatable bonds is 7. The summed E-state index contributed by atoms with van der Waals surface area (Å²) in [6.45, 7) is 4.67. The zero-order valence-corrected chi connectivity index (χ0v) is 14.3. The summed E-state index contributed by atoms with van der Waals surface area (Å²) in [5, 5.41) is 0. The lowest BCUT2D eigenvalue weighted by Crippen LogP contribution is -2.30. The van der Waals surface area contributed by atoms with Crippen molar-refractivity contribution in [3.63, 3.8) is 0 Å². The minimum Gasteiger partial charge on any atom is -0.353 e. The van der Waals surface area contributed by atoms with Crippen LogP contribution in [-0.4, -0.2) is 35.8 Å². The van der Waals surface area contributed by atoms with Gasteiger partial charge in [0.05, 0.1) is 16.9 Å². The minimum absolute atomic E-state index is 0.0829.